The monoisotopic (exact) mass is 198 g/mol. The van der Waals surface area contributed by atoms with Gasteiger partial charge >= 0.3 is 69.5 Å². The Balaban J connectivity index is 2.14. The quantitative estimate of drug-likeness (QED) is 0.607. The molecule has 0 bridgehead atoms. The Kier molecular flexibility index (Phi) is 3.26. The molecule has 0 aromatic rings. The molecule has 0 radical (unpaired) electrons. The molecule has 1 aliphatic rings. The van der Waals surface area contributed by atoms with E-state index in [-0.39, 0.29) is 15.4 Å². The predicted octanol–water partition coefficient (Wildman–Crippen LogP) is 2.14. The van der Waals surface area contributed by atoms with Crippen molar-refractivity contribution in [3.8, 4) is 0 Å². The van der Waals surface area contributed by atoms with Gasteiger partial charge in [-0.15, -0.1) is 0 Å². The van der Waals surface area contributed by atoms with Gasteiger partial charge in [-0.1, -0.05) is 0 Å². The molecular formula is C9H16Ge. The van der Waals surface area contributed by atoms with Gasteiger partial charge in [0.25, 0.3) is 0 Å². The Bertz CT molecular complexity index is 133. The molecule has 0 spiro atoms. The molecule has 0 aromatic carbocycles. The van der Waals surface area contributed by atoms with Crippen LogP contribution in [0.15, 0.2) is 24.3 Å². The van der Waals surface area contributed by atoms with Gasteiger partial charge in [0, 0.05) is 0 Å². The molecule has 0 amide bonds. The van der Waals surface area contributed by atoms with Crippen LogP contribution in [0, 0.1) is 5.92 Å². The Morgan fingerprint density at radius 2 is 1.90 bits per heavy atom. The van der Waals surface area contributed by atoms with E-state index >= 15 is 0 Å². The average molecular weight is 197 g/mol. The summed E-state index contributed by atoms with van der Waals surface area (Å²) in [5.41, 5.74) is 0. The second-order valence-electron chi connectivity index (χ2n) is 3.40. The third-order valence-electron chi connectivity index (χ3n) is 1.91. The second-order valence-corrected chi connectivity index (χ2v) is 7.81. The summed E-state index contributed by atoms with van der Waals surface area (Å²) >= 11 is -0.238. The molecule has 0 N–H and O–H groups in total. The number of hydrogen-bond donors (Lipinski definition) is 0. The van der Waals surface area contributed by atoms with E-state index in [4.69, 9.17) is 0 Å². The molecule has 10 heavy (non-hydrogen) atoms. The van der Waals surface area contributed by atoms with Gasteiger partial charge in [0.2, 0.25) is 0 Å². The molecule has 0 saturated carbocycles. The van der Waals surface area contributed by atoms with E-state index in [1.807, 2.05) is 0 Å². The first-order valence-electron chi connectivity index (χ1n) is 4.14. The fraction of sp³-hybridized carbons (Fsp3) is 0.556. The van der Waals surface area contributed by atoms with Crippen molar-refractivity contribution in [2.75, 3.05) is 0 Å². The Morgan fingerprint density at radius 1 is 1.30 bits per heavy atom. The first kappa shape index (κ1) is 8.12. The summed E-state index contributed by atoms with van der Waals surface area (Å²) in [7, 11) is 0. The third kappa shape index (κ3) is 2.74. The molecule has 1 aliphatic carbocycles. The summed E-state index contributed by atoms with van der Waals surface area (Å²) in [6.07, 6.45) is 9.11. The standard InChI is InChI=1S/C9H16Ge/c1-8(2)7-10-9-5-3-4-6-9/h3-6,8-9H,7,10H2,1-2H3. The second kappa shape index (κ2) is 4.02. The van der Waals surface area contributed by atoms with Crippen LogP contribution in [0.5, 0.6) is 0 Å². The molecule has 0 nitrogen and oxygen atoms in total. The molecule has 0 atom stereocenters. The van der Waals surface area contributed by atoms with E-state index in [1.165, 1.54) is 5.25 Å². The van der Waals surface area contributed by atoms with Crippen molar-refractivity contribution in [2.45, 2.75) is 23.9 Å². The van der Waals surface area contributed by atoms with E-state index < -0.39 is 0 Å². The number of allylic oxidation sites excluding steroid dienone is 4. The van der Waals surface area contributed by atoms with Crippen molar-refractivity contribution in [2.24, 2.45) is 5.92 Å². The Labute approximate surface area is 69.9 Å². The van der Waals surface area contributed by atoms with Crippen LogP contribution in [0.3, 0.4) is 0 Å². The van der Waals surface area contributed by atoms with Crippen LogP contribution in [-0.4, -0.2) is 15.4 Å². The minimum absolute atomic E-state index is 0.238. The van der Waals surface area contributed by atoms with Gasteiger partial charge in [-0.2, -0.15) is 0 Å². The zero-order chi connectivity index (χ0) is 7.40. The predicted molar refractivity (Wildman–Crippen MR) is 50.2 cm³/mol. The molecular weight excluding hydrogens is 181 g/mol. The molecule has 0 aromatic heterocycles. The fourth-order valence-corrected chi connectivity index (χ4v) is 4.87. The van der Waals surface area contributed by atoms with E-state index in [0.29, 0.717) is 0 Å². The van der Waals surface area contributed by atoms with Crippen molar-refractivity contribution in [3.05, 3.63) is 24.3 Å². The SMILES string of the molecule is CC(C)[CH2][GeH2][CH]1C=CC=C1. The summed E-state index contributed by atoms with van der Waals surface area (Å²) in [4.78, 5) is 0. The number of hydrogen-bond acceptors (Lipinski definition) is 0. The van der Waals surface area contributed by atoms with Crippen LogP contribution in [0.4, 0.5) is 0 Å². The maximum absolute atomic E-state index is 2.36. The van der Waals surface area contributed by atoms with Gasteiger partial charge in [-0.25, -0.2) is 0 Å². The van der Waals surface area contributed by atoms with Gasteiger partial charge in [0.1, 0.15) is 0 Å². The molecule has 0 unspecified atom stereocenters. The Hall–Kier alpha value is 0.0229. The topological polar surface area (TPSA) is 0 Å². The van der Waals surface area contributed by atoms with E-state index in [0.717, 1.165) is 10.7 Å². The summed E-state index contributed by atoms with van der Waals surface area (Å²) in [5, 5.41) is 1.53. The summed E-state index contributed by atoms with van der Waals surface area (Å²) in [6, 6.07) is 0. The van der Waals surface area contributed by atoms with Crippen LogP contribution < -0.4 is 0 Å². The first-order chi connectivity index (χ1) is 4.79. The number of rotatable bonds is 3. The van der Waals surface area contributed by atoms with E-state index in [1.54, 1.807) is 0 Å². The minimum atomic E-state index is -0.238. The van der Waals surface area contributed by atoms with Crippen molar-refractivity contribution in [1.29, 1.82) is 0 Å². The normalized spacial score (nSPS) is 18.7. The molecule has 0 heterocycles. The van der Waals surface area contributed by atoms with Crippen LogP contribution >= 0.6 is 0 Å². The van der Waals surface area contributed by atoms with E-state index in [9.17, 15) is 0 Å². The zero-order valence-electron chi connectivity index (χ0n) is 6.88. The van der Waals surface area contributed by atoms with Crippen molar-refractivity contribution >= 4 is 15.4 Å². The van der Waals surface area contributed by atoms with Crippen molar-refractivity contribution in [3.63, 3.8) is 0 Å². The van der Waals surface area contributed by atoms with Crippen molar-refractivity contribution < 1.29 is 0 Å². The molecule has 1 heteroatoms. The molecule has 0 saturated heterocycles. The summed E-state index contributed by atoms with van der Waals surface area (Å²) in [5.74, 6) is 0.933. The van der Waals surface area contributed by atoms with Crippen LogP contribution in [0.1, 0.15) is 13.8 Å². The van der Waals surface area contributed by atoms with E-state index in [2.05, 4.69) is 38.2 Å². The molecule has 56 valence electrons. The summed E-state index contributed by atoms with van der Waals surface area (Å²) in [6.45, 7) is 4.65. The van der Waals surface area contributed by atoms with Gasteiger partial charge < -0.3 is 0 Å². The van der Waals surface area contributed by atoms with Crippen LogP contribution in [0.2, 0.25) is 10.0 Å². The van der Waals surface area contributed by atoms with Crippen LogP contribution in [-0.2, 0) is 0 Å². The fourth-order valence-electron chi connectivity index (χ4n) is 1.20. The van der Waals surface area contributed by atoms with Gasteiger partial charge in [-0.3, -0.25) is 0 Å². The average Bonchev–Trinajstić information content (AvgIpc) is 2.34. The molecule has 0 fully saturated rings. The van der Waals surface area contributed by atoms with Gasteiger partial charge in [0.15, 0.2) is 0 Å². The zero-order valence-corrected chi connectivity index (χ0v) is 9.85. The van der Waals surface area contributed by atoms with Crippen molar-refractivity contribution in [1.82, 2.24) is 0 Å². The Morgan fingerprint density at radius 3 is 2.40 bits per heavy atom. The van der Waals surface area contributed by atoms with Gasteiger partial charge in [0.05, 0.1) is 0 Å². The molecule has 0 aliphatic heterocycles. The summed E-state index contributed by atoms with van der Waals surface area (Å²) < 4.78 is 0.926. The molecule has 1 rings (SSSR count). The van der Waals surface area contributed by atoms with Gasteiger partial charge in [-0.05, 0) is 0 Å². The maximum atomic E-state index is 2.36. The third-order valence-corrected chi connectivity index (χ3v) is 7.57. The van der Waals surface area contributed by atoms with Crippen LogP contribution in [0.25, 0.3) is 0 Å². The first-order valence-corrected chi connectivity index (χ1v) is 7.95.